The number of rotatable bonds is 14. The topological polar surface area (TPSA) is 133 Å². The Bertz CT molecular complexity index is 705. The average Bonchev–Trinajstić information content (AvgIpc) is 2.63. The third kappa shape index (κ3) is 12.2. The summed E-state index contributed by atoms with van der Waals surface area (Å²) in [7, 11) is -4.58. The van der Waals surface area contributed by atoms with Crippen LogP contribution in [0.1, 0.15) is 54.3 Å². The molecule has 0 aromatic carbocycles. The molecule has 30 heavy (non-hydrogen) atoms. The fourth-order valence-corrected chi connectivity index (χ4v) is 2.49. The standard InChI is InChI=1S/C19H30O9S.Li.H/c1-6-7-8-9-10-19(11-26-16(20)14(2)3,12-27-17(21)15(4)5)18(22)28-13-29(23,24)25;;/h2,4,6-13H2,1,3,5H3,(H,23,24,25);;/q;+1;-1. The molecule has 0 bridgehead atoms. The first-order valence-electron chi connectivity index (χ1n) is 9.12. The van der Waals surface area contributed by atoms with Gasteiger partial charge in [0.2, 0.25) is 5.94 Å². The van der Waals surface area contributed by atoms with E-state index in [2.05, 4.69) is 13.2 Å². The average molecular weight is 442 g/mol. The minimum absolute atomic E-state index is 0. The summed E-state index contributed by atoms with van der Waals surface area (Å²) in [5.74, 6) is -3.88. The monoisotopic (exact) mass is 442 g/mol. The molecule has 0 aromatic heterocycles. The predicted molar refractivity (Wildman–Crippen MR) is 106 cm³/mol. The van der Waals surface area contributed by atoms with Crippen LogP contribution in [0.4, 0.5) is 0 Å². The molecular formula is C19H31LiO9S. The molecule has 0 aliphatic carbocycles. The Hall–Kier alpha value is -1.60. The zero-order chi connectivity index (χ0) is 22.7. The molecule has 0 unspecified atom stereocenters. The van der Waals surface area contributed by atoms with Crippen LogP contribution in [-0.4, -0.2) is 50.0 Å². The summed E-state index contributed by atoms with van der Waals surface area (Å²) in [5, 5.41) is 0. The second-order valence-electron chi connectivity index (χ2n) is 6.94. The number of esters is 3. The Morgan fingerprint density at radius 1 is 0.933 bits per heavy atom. The van der Waals surface area contributed by atoms with Gasteiger partial charge in [0.25, 0.3) is 0 Å². The molecule has 0 radical (unpaired) electrons. The zero-order valence-electron chi connectivity index (χ0n) is 19.2. The van der Waals surface area contributed by atoms with E-state index >= 15 is 0 Å². The van der Waals surface area contributed by atoms with Crippen LogP contribution >= 0.6 is 0 Å². The summed E-state index contributed by atoms with van der Waals surface area (Å²) in [6.45, 7) is 10.7. The number of hydrogen-bond donors (Lipinski definition) is 1. The Balaban J connectivity index is -0.00000392. The van der Waals surface area contributed by atoms with Crippen LogP contribution in [0.2, 0.25) is 0 Å². The van der Waals surface area contributed by atoms with E-state index < -0.39 is 52.6 Å². The Morgan fingerprint density at radius 3 is 1.77 bits per heavy atom. The van der Waals surface area contributed by atoms with Gasteiger partial charge in [0.1, 0.15) is 18.6 Å². The van der Waals surface area contributed by atoms with Crippen LogP contribution < -0.4 is 18.9 Å². The van der Waals surface area contributed by atoms with Crippen LogP contribution in [0.25, 0.3) is 0 Å². The molecule has 0 aliphatic heterocycles. The largest absolute Gasteiger partial charge is 1.00 e. The molecule has 0 aliphatic rings. The third-order valence-corrected chi connectivity index (χ3v) is 4.35. The summed E-state index contributed by atoms with van der Waals surface area (Å²) < 4.78 is 45.7. The van der Waals surface area contributed by atoms with Crippen LogP contribution in [0.3, 0.4) is 0 Å². The molecule has 0 saturated carbocycles. The number of ether oxygens (including phenoxy) is 3. The van der Waals surface area contributed by atoms with Crippen molar-refractivity contribution in [3.63, 3.8) is 0 Å². The molecule has 1 N–H and O–H groups in total. The quantitative estimate of drug-likeness (QED) is 0.0960. The van der Waals surface area contributed by atoms with E-state index in [-0.39, 0.29) is 37.9 Å². The fraction of sp³-hybridized carbons (Fsp3) is 0.632. The summed E-state index contributed by atoms with van der Waals surface area (Å²) in [5.41, 5.74) is -1.46. The van der Waals surface area contributed by atoms with Crippen molar-refractivity contribution in [3.8, 4) is 0 Å². The van der Waals surface area contributed by atoms with E-state index in [9.17, 15) is 22.8 Å². The predicted octanol–water partition coefficient (Wildman–Crippen LogP) is -0.313. The molecule has 0 aromatic rings. The van der Waals surface area contributed by atoms with Crippen LogP contribution in [-0.2, 0) is 38.7 Å². The second-order valence-corrected chi connectivity index (χ2v) is 8.34. The van der Waals surface area contributed by atoms with Crippen molar-refractivity contribution in [2.45, 2.75) is 52.9 Å². The molecule has 0 fully saturated rings. The van der Waals surface area contributed by atoms with Crippen molar-refractivity contribution >= 4 is 28.0 Å². The molecule has 0 atom stereocenters. The number of carbonyl (C=O) groups excluding carboxylic acids is 3. The molecule has 0 spiro atoms. The Kier molecular flexibility index (Phi) is 14.7. The van der Waals surface area contributed by atoms with Crippen molar-refractivity contribution in [1.29, 1.82) is 0 Å². The third-order valence-electron chi connectivity index (χ3n) is 3.94. The maximum absolute atomic E-state index is 12.7. The van der Waals surface area contributed by atoms with E-state index in [0.717, 1.165) is 19.3 Å². The normalized spacial score (nSPS) is 11.1. The maximum Gasteiger partial charge on any atom is 1.00 e. The number of unbranched alkanes of at least 4 members (excludes halogenated alkanes) is 3. The van der Waals surface area contributed by atoms with Gasteiger partial charge in [-0.3, -0.25) is 9.35 Å². The Labute approximate surface area is 191 Å². The van der Waals surface area contributed by atoms with E-state index in [1.54, 1.807) is 0 Å². The van der Waals surface area contributed by atoms with E-state index in [1.165, 1.54) is 13.8 Å². The molecule has 168 valence electrons. The fourth-order valence-electron chi connectivity index (χ4n) is 2.23. The molecule has 0 heterocycles. The van der Waals surface area contributed by atoms with Gasteiger partial charge >= 0.3 is 46.9 Å². The van der Waals surface area contributed by atoms with Gasteiger partial charge in [-0.2, -0.15) is 8.42 Å². The summed E-state index contributed by atoms with van der Waals surface area (Å²) in [4.78, 5) is 36.4. The van der Waals surface area contributed by atoms with Gasteiger partial charge in [0, 0.05) is 11.1 Å². The van der Waals surface area contributed by atoms with Gasteiger partial charge in [0.15, 0.2) is 0 Å². The summed E-state index contributed by atoms with van der Waals surface area (Å²) >= 11 is 0. The van der Waals surface area contributed by atoms with Gasteiger partial charge < -0.3 is 15.6 Å². The molecule has 9 nitrogen and oxygen atoms in total. The maximum atomic E-state index is 12.7. The molecule has 0 amide bonds. The SMILES string of the molecule is C=C(C)C(=O)OCC(CCCCCC)(COC(=O)C(=C)C)C(=O)OCS(=O)(=O)O.[H-].[Li+]. The first-order valence-corrected chi connectivity index (χ1v) is 10.7. The molecule has 11 heteroatoms. The van der Waals surface area contributed by atoms with Crippen molar-refractivity contribution in [2.75, 3.05) is 19.2 Å². The number of hydrogen-bond acceptors (Lipinski definition) is 8. The smallest absolute Gasteiger partial charge is 1.00 e. The van der Waals surface area contributed by atoms with Crippen molar-refractivity contribution in [1.82, 2.24) is 0 Å². The second kappa shape index (κ2) is 14.4. The van der Waals surface area contributed by atoms with Gasteiger partial charge in [-0.25, -0.2) is 9.59 Å². The van der Waals surface area contributed by atoms with Gasteiger partial charge in [-0.05, 0) is 20.3 Å². The van der Waals surface area contributed by atoms with Gasteiger partial charge in [0.05, 0.1) is 0 Å². The van der Waals surface area contributed by atoms with E-state index in [4.69, 9.17) is 18.8 Å². The van der Waals surface area contributed by atoms with Crippen molar-refractivity contribution in [2.24, 2.45) is 5.41 Å². The minimum atomic E-state index is -4.58. The van der Waals surface area contributed by atoms with Crippen molar-refractivity contribution < 1.29 is 61.9 Å². The van der Waals surface area contributed by atoms with E-state index in [0.29, 0.717) is 6.42 Å². The van der Waals surface area contributed by atoms with Crippen molar-refractivity contribution in [3.05, 3.63) is 24.3 Å². The summed E-state index contributed by atoms with van der Waals surface area (Å²) in [6, 6.07) is 0. The molecule has 0 rings (SSSR count). The first kappa shape index (κ1) is 30.6. The minimum Gasteiger partial charge on any atom is -1.00 e. The summed E-state index contributed by atoms with van der Waals surface area (Å²) in [6.07, 6.45) is 3.16. The van der Waals surface area contributed by atoms with Crippen LogP contribution in [0, 0.1) is 5.41 Å². The zero-order valence-corrected chi connectivity index (χ0v) is 19.0. The van der Waals surface area contributed by atoms with Gasteiger partial charge in [-0.15, -0.1) is 0 Å². The molecule has 0 saturated heterocycles. The Morgan fingerprint density at radius 2 is 1.40 bits per heavy atom. The van der Waals surface area contributed by atoms with E-state index in [1.807, 2.05) is 6.92 Å². The number of carbonyl (C=O) groups is 3. The molecular weight excluding hydrogens is 411 g/mol. The van der Waals surface area contributed by atoms with Crippen LogP contribution in [0.5, 0.6) is 0 Å². The van der Waals surface area contributed by atoms with Crippen LogP contribution in [0.15, 0.2) is 24.3 Å². The first-order chi connectivity index (χ1) is 13.3. The van der Waals surface area contributed by atoms with Gasteiger partial charge in [-0.1, -0.05) is 45.8 Å².